The van der Waals surface area contributed by atoms with E-state index in [1.165, 1.54) is 5.39 Å². The summed E-state index contributed by atoms with van der Waals surface area (Å²) in [6.45, 7) is 0. The molecular weight excluding hydrogens is 272 g/mol. The van der Waals surface area contributed by atoms with E-state index in [9.17, 15) is 0 Å². The van der Waals surface area contributed by atoms with E-state index in [1.807, 2.05) is 24.8 Å². The van der Waals surface area contributed by atoms with Crippen molar-refractivity contribution in [1.82, 2.24) is 19.9 Å². The van der Waals surface area contributed by atoms with Gasteiger partial charge in [0.25, 0.3) is 0 Å². The van der Waals surface area contributed by atoms with Gasteiger partial charge in [0.1, 0.15) is 12.7 Å². The lowest BCUT2D eigenvalue weighted by Gasteiger charge is -2.11. The first-order valence-electron chi connectivity index (χ1n) is 6.96. The topological polar surface area (TPSA) is 51.6 Å². The van der Waals surface area contributed by atoms with E-state index in [-0.39, 0.29) is 0 Å². The number of benzene rings is 2. The highest BCUT2D eigenvalue weighted by atomic mass is 14.8. The molecule has 0 N–H and O–H groups in total. The Kier molecular flexibility index (Phi) is 3.05. The Bertz CT molecular complexity index is 847. The summed E-state index contributed by atoms with van der Waals surface area (Å²) in [6.07, 6.45) is 10.4. The molecule has 0 spiro atoms. The molecule has 0 radical (unpaired) electrons. The molecule has 0 saturated heterocycles. The van der Waals surface area contributed by atoms with E-state index in [1.54, 1.807) is 12.7 Å². The Morgan fingerprint density at radius 2 is 1.00 bits per heavy atom. The third-order valence-corrected chi connectivity index (χ3v) is 3.65. The first-order chi connectivity index (χ1) is 10.9. The minimum atomic E-state index is 0.998. The molecule has 22 heavy (non-hydrogen) atoms. The fraction of sp³-hybridized carbons (Fsp3) is 0. The quantitative estimate of drug-likeness (QED) is 0.562. The third-order valence-electron chi connectivity index (χ3n) is 3.65. The van der Waals surface area contributed by atoms with Gasteiger partial charge in [0, 0.05) is 35.9 Å². The van der Waals surface area contributed by atoms with Crippen LogP contribution in [0.3, 0.4) is 0 Å². The fourth-order valence-corrected chi connectivity index (χ4v) is 2.70. The van der Waals surface area contributed by atoms with Crippen molar-refractivity contribution in [1.29, 1.82) is 0 Å². The maximum absolute atomic E-state index is 4.13. The molecule has 2 heterocycles. The molecule has 2 aromatic heterocycles. The van der Waals surface area contributed by atoms with Gasteiger partial charge in [-0.05, 0) is 21.9 Å². The van der Waals surface area contributed by atoms with Gasteiger partial charge in [0.05, 0.1) is 0 Å². The zero-order valence-electron chi connectivity index (χ0n) is 11.7. The maximum atomic E-state index is 4.13. The Morgan fingerprint density at radius 3 is 1.45 bits per heavy atom. The van der Waals surface area contributed by atoms with Crippen molar-refractivity contribution in [3.05, 3.63) is 73.8 Å². The van der Waals surface area contributed by atoms with Crippen LogP contribution in [0.15, 0.2) is 73.8 Å². The fourth-order valence-electron chi connectivity index (χ4n) is 2.70. The van der Waals surface area contributed by atoms with E-state index in [4.69, 9.17) is 0 Å². The van der Waals surface area contributed by atoms with Crippen molar-refractivity contribution in [3.8, 4) is 22.3 Å². The molecule has 2 aromatic carbocycles. The van der Waals surface area contributed by atoms with Crippen molar-refractivity contribution >= 4 is 10.8 Å². The van der Waals surface area contributed by atoms with Crippen LogP contribution in [0, 0.1) is 0 Å². The lowest BCUT2D eigenvalue weighted by atomic mass is 9.93. The van der Waals surface area contributed by atoms with Crippen LogP contribution in [0.5, 0.6) is 0 Å². The average Bonchev–Trinajstić information content (AvgIpc) is 2.62. The highest BCUT2D eigenvalue weighted by Gasteiger charge is 2.10. The average molecular weight is 284 g/mol. The third kappa shape index (κ3) is 2.11. The standard InChI is InChI=1S/C18H12N4/c1-3-13-4-2-6-17(15-9-21-12-22-10-15)18(13)16(5-1)14-7-19-11-20-8-14/h1-12H. The number of hydrogen-bond donors (Lipinski definition) is 0. The molecule has 4 rings (SSSR count). The van der Waals surface area contributed by atoms with Crippen LogP contribution >= 0.6 is 0 Å². The number of hydrogen-bond acceptors (Lipinski definition) is 4. The van der Waals surface area contributed by atoms with Crippen LogP contribution in [0.4, 0.5) is 0 Å². The van der Waals surface area contributed by atoms with Gasteiger partial charge >= 0.3 is 0 Å². The highest BCUT2D eigenvalue weighted by molar-refractivity contribution is 6.06. The molecule has 0 aliphatic rings. The summed E-state index contributed by atoms with van der Waals surface area (Å²) < 4.78 is 0. The van der Waals surface area contributed by atoms with E-state index in [0.29, 0.717) is 0 Å². The molecule has 0 bridgehead atoms. The van der Waals surface area contributed by atoms with Gasteiger partial charge in [-0.15, -0.1) is 0 Å². The Balaban J connectivity index is 2.07. The van der Waals surface area contributed by atoms with Crippen molar-refractivity contribution in [2.75, 3.05) is 0 Å². The van der Waals surface area contributed by atoms with Gasteiger partial charge < -0.3 is 0 Å². The van der Waals surface area contributed by atoms with Crippen LogP contribution in [-0.2, 0) is 0 Å². The summed E-state index contributed by atoms with van der Waals surface area (Å²) in [5.74, 6) is 0. The van der Waals surface area contributed by atoms with Crippen LogP contribution in [-0.4, -0.2) is 19.9 Å². The number of fused-ring (bicyclic) bond motifs is 1. The van der Waals surface area contributed by atoms with Gasteiger partial charge in [-0.3, -0.25) is 0 Å². The molecule has 0 saturated carbocycles. The lowest BCUT2D eigenvalue weighted by molar-refractivity contribution is 1.17. The normalized spacial score (nSPS) is 10.7. The first kappa shape index (κ1) is 12.6. The molecule has 4 aromatic rings. The predicted octanol–water partition coefficient (Wildman–Crippen LogP) is 3.75. The summed E-state index contributed by atoms with van der Waals surface area (Å²) in [4.78, 5) is 16.5. The zero-order chi connectivity index (χ0) is 14.8. The number of aromatic nitrogens is 4. The molecule has 0 atom stereocenters. The van der Waals surface area contributed by atoms with Crippen LogP contribution in [0.2, 0.25) is 0 Å². The highest BCUT2D eigenvalue weighted by Crippen LogP contribution is 2.35. The van der Waals surface area contributed by atoms with E-state index < -0.39 is 0 Å². The Morgan fingerprint density at radius 1 is 0.545 bits per heavy atom. The van der Waals surface area contributed by atoms with Crippen molar-refractivity contribution < 1.29 is 0 Å². The zero-order valence-corrected chi connectivity index (χ0v) is 11.7. The molecule has 0 amide bonds. The van der Waals surface area contributed by atoms with Crippen LogP contribution < -0.4 is 0 Å². The molecule has 4 nitrogen and oxygen atoms in total. The second-order valence-corrected chi connectivity index (χ2v) is 4.96. The van der Waals surface area contributed by atoms with Gasteiger partial charge in [0.15, 0.2) is 0 Å². The summed E-state index contributed by atoms with van der Waals surface area (Å²) in [7, 11) is 0. The van der Waals surface area contributed by atoms with Crippen molar-refractivity contribution in [3.63, 3.8) is 0 Å². The molecular formula is C18H12N4. The first-order valence-corrected chi connectivity index (χ1v) is 6.96. The van der Waals surface area contributed by atoms with Crippen molar-refractivity contribution in [2.45, 2.75) is 0 Å². The lowest BCUT2D eigenvalue weighted by Crippen LogP contribution is -1.89. The molecule has 0 aliphatic carbocycles. The number of nitrogens with zero attached hydrogens (tertiary/aromatic N) is 4. The Labute approximate surface area is 127 Å². The second kappa shape index (κ2) is 5.33. The van der Waals surface area contributed by atoms with Gasteiger partial charge in [-0.25, -0.2) is 19.9 Å². The maximum Gasteiger partial charge on any atom is 0.115 e. The van der Waals surface area contributed by atoms with E-state index in [0.717, 1.165) is 27.6 Å². The largest absolute Gasteiger partial charge is 0.244 e. The van der Waals surface area contributed by atoms with Crippen LogP contribution in [0.25, 0.3) is 33.0 Å². The summed E-state index contributed by atoms with van der Waals surface area (Å²) in [5, 5.41) is 2.33. The minimum Gasteiger partial charge on any atom is -0.244 e. The summed E-state index contributed by atoms with van der Waals surface area (Å²) >= 11 is 0. The molecule has 104 valence electrons. The van der Waals surface area contributed by atoms with Gasteiger partial charge in [0.2, 0.25) is 0 Å². The number of rotatable bonds is 2. The predicted molar refractivity (Wildman–Crippen MR) is 86.0 cm³/mol. The summed E-state index contributed by atoms with van der Waals surface area (Å²) in [6, 6.07) is 12.5. The smallest absolute Gasteiger partial charge is 0.115 e. The SMILES string of the molecule is c1cc(-c2cncnc2)c2c(-c3cncnc3)cccc2c1. The summed E-state index contributed by atoms with van der Waals surface area (Å²) in [5.41, 5.74) is 4.21. The molecule has 0 unspecified atom stereocenters. The molecule has 0 fully saturated rings. The van der Waals surface area contributed by atoms with Gasteiger partial charge in [-0.2, -0.15) is 0 Å². The van der Waals surface area contributed by atoms with Crippen LogP contribution in [0.1, 0.15) is 0 Å². The van der Waals surface area contributed by atoms with E-state index >= 15 is 0 Å². The monoisotopic (exact) mass is 284 g/mol. The molecule has 0 aliphatic heterocycles. The minimum absolute atomic E-state index is 0.998. The molecule has 4 heteroatoms. The Hall–Kier alpha value is -3.14. The van der Waals surface area contributed by atoms with Crippen molar-refractivity contribution in [2.24, 2.45) is 0 Å². The second-order valence-electron chi connectivity index (χ2n) is 4.96. The van der Waals surface area contributed by atoms with Gasteiger partial charge in [-0.1, -0.05) is 36.4 Å². The van der Waals surface area contributed by atoms with E-state index in [2.05, 4.69) is 56.3 Å².